The summed E-state index contributed by atoms with van der Waals surface area (Å²) >= 11 is 3.57. The van der Waals surface area contributed by atoms with E-state index in [4.69, 9.17) is 0 Å². The number of hydrogen-bond acceptors (Lipinski definition) is 2. The molecule has 0 atom stereocenters. The number of hydrogen-bond donors (Lipinski definition) is 2. The van der Waals surface area contributed by atoms with Gasteiger partial charge in [0.1, 0.15) is 0 Å². The molecule has 2 N–H and O–H groups in total. The Hall–Kier alpha value is -1.09. The van der Waals surface area contributed by atoms with Gasteiger partial charge in [-0.15, -0.1) is 24.0 Å². The van der Waals surface area contributed by atoms with Gasteiger partial charge in [0.2, 0.25) is 0 Å². The molecular weight excluding hydrogens is 493 g/mol. The quantitative estimate of drug-likeness (QED) is 0.255. The minimum absolute atomic E-state index is 0. The Morgan fingerprint density at radius 2 is 2.16 bits per heavy atom. The van der Waals surface area contributed by atoms with Crippen LogP contribution in [0.3, 0.4) is 0 Å². The van der Waals surface area contributed by atoms with E-state index in [2.05, 4.69) is 60.9 Å². The number of rotatable bonds is 7. The predicted molar refractivity (Wildman–Crippen MR) is 117 cm³/mol. The number of nitrogens with zero attached hydrogens (tertiary/aromatic N) is 3. The third kappa shape index (κ3) is 5.70. The molecule has 3 rings (SSSR count). The van der Waals surface area contributed by atoms with Gasteiger partial charge in [-0.1, -0.05) is 28.1 Å². The van der Waals surface area contributed by atoms with E-state index in [-0.39, 0.29) is 29.4 Å². The molecule has 1 heterocycles. The van der Waals surface area contributed by atoms with Crippen molar-refractivity contribution in [1.82, 2.24) is 20.4 Å². The average Bonchev–Trinajstić information content (AvgIpc) is 3.21. The highest BCUT2D eigenvalue weighted by molar-refractivity contribution is 14.0. The van der Waals surface area contributed by atoms with Crippen LogP contribution in [0.1, 0.15) is 24.8 Å². The smallest absolute Gasteiger partial charge is 0.191 e. The van der Waals surface area contributed by atoms with Crippen molar-refractivity contribution in [2.24, 2.45) is 4.99 Å². The van der Waals surface area contributed by atoms with Gasteiger partial charge in [0.25, 0.3) is 0 Å². The first-order valence-electron chi connectivity index (χ1n) is 8.40. The number of aromatic nitrogens is 2. The number of halogens is 2. The third-order valence-electron chi connectivity index (χ3n) is 4.52. The molecule has 1 aromatic carbocycles. The van der Waals surface area contributed by atoms with Crippen molar-refractivity contribution in [2.75, 3.05) is 20.1 Å². The lowest BCUT2D eigenvalue weighted by molar-refractivity contribution is 0.567. The molecule has 1 aliphatic carbocycles. The molecule has 0 unspecified atom stereocenters. The van der Waals surface area contributed by atoms with Crippen molar-refractivity contribution >= 4 is 45.9 Å². The Labute approximate surface area is 174 Å². The molecule has 0 aliphatic heterocycles. The van der Waals surface area contributed by atoms with Crippen LogP contribution in [0.2, 0.25) is 0 Å². The predicted octanol–water partition coefficient (Wildman–Crippen LogP) is 3.55. The summed E-state index contributed by atoms with van der Waals surface area (Å²) in [6, 6.07) is 10.6. The molecule has 0 saturated heterocycles. The fraction of sp³-hybridized carbons (Fsp3) is 0.444. The second-order valence-corrected chi connectivity index (χ2v) is 7.18. The Kier molecular flexibility index (Phi) is 7.74. The first-order valence-corrected chi connectivity index (χ1v) is 9.19. The molecule has 0 spiro atoms. The lowest BCUT2D eigenvalue weighted by Gasteiger charge is -2.19. The molecule has 1 aromatic heterocycles. The number of benzene rings is 1. The molecule has 25 heavy (non-hydrogen) atoms. The van der Waals surface area contributed by atoms with Gasteiger partial charge in [-0.25, -0.2) is 0 Å². The van der Waals surface area contributed by atoms with Crippen LogP contribution in [0.5, 0.6) is 0 Å². The Morgan fingerprint density at radius 1 is 1.32 bits per heavy atom. The van der Waals surface area contributed by atoms with Gasteiger partial charge >= 0.3 is 0 Å². The third-order valence-corrected chi connectivity index (χ3v) is 5.02. The van der Waals surface area contributed by atoms with Gasteiger partial charge in [-0.3, -0.25) is 9.67 Å². The van der Waals surface area contributed by atoms with Crippen molar-refractivity contribution in [1.29, 1.82) is 0 Å². The maximum Gasteiger partial charge on any atom is 0.191 e. The fourth-order valence-electron chi connectivity index (χ4n) is 2.89. The van der Waals surface area contributed by atoms with Gasteiger partial charge in [0.05, 0.1) is 0 Å². The zero-order valence-corrected chi connectivity index (χ0v) is 18.3. The molecule has 0 bridgehead atoms. The summed E-state index contributed by atoms with van der Waals surface area (Å²) in [5.74, 6) is 0.872. The minimum Gasteiger partial charge on any atom is -0.356 e. The topological polar surface area (TPSA) is 54.2 Å². The van der Waals surface area contributed by atoms with Gasteiger partial charge in [-0.2, -0.15) is 5.10 Å². The summed E-state index contributed by atoms with van der Waals surface area (Å²) in [5, 5.41) is 11.1. The van der Waals surface area contributed by atoms with Crippen molar-refractivity contribution in [3.63, 3.8) is 0 Å². The van der Waals surface area contributed by atoms with Gasteiger partial charge in [-0.05, 0) is 43.0 Å². The van der Waals surface area contributed by atoms with Crippen LogP contribution in [0, 0.1) is 0 Å². The van der Waals surface area contributed by atoms with Crippen LogP contribution < -0.4 is 10.6 Å². The molecule has 0 amide bonds. The standard InChI is InChI=1S/C18H24BrN5.HI/c1-20-17(21-9-3-11-24-12-4-10-23-24)22-14-18(7-8-18)15-5-2-6-16(19)13-15;/h2,4-6,10,12-13H,3,7-9,11,14H2,1H3,(H2,20,21,22);1H. The minimum atomic E-state index is 0. The van der Waals surface area contributed by atoms with Crippen molar-refractivity contribution in [3.05, 3.63) is 52.8 Å². The van der Waals surface area contributed by atoms with E-state index >= 15 is 0 Å². The zero-order chi connectivity index (χ0) is 16.8. The summed E-state index contributed by atoms with van der Waals surface area (Å²) in [4.78, 5) is 4.33. The fourth-order valence-corrected chi connectivity index (χ4v) is 3.29. The Morgan fingerprint density at radius 3 is 2.80 bits per heavy atom. The van der Waals surface area contributed by atoms with Gasteiger partial charge in [0.15, 0.2) is 5.96 Å². The summed E-state index contributed by atoms with van der Waals surface area (Å²) in [6.45, 7) is 2.71. The molecule has 7 heteroatoms. The lowest BCUT2D eigenvalue weighted by atomic mass is 9.96. The summed E-state index contributed by atoms with van der Waals surface area (Å²) in [7, 11) is 1.82. The molecule has 0 radical (unpaired) electrons. The maximum atomic E-state index is 4.33. The SMILES string of the molecule is CN=C(NCCCn1cccn1)NCC1(c2cccc(Br)c2)CC1.I. The van der Waals surface area contributed by atoms with E-state index in [1.165, 1.54) is 18.4 Å². The summed E-state index contributed by atoms with van der Waals surface area (Å²) < 4.78 is 3.09. The molecule has 5 nitrogen and oxygen atoms in total. The van der Waals surface area contributed by atoms with Crippen molar-refractivity contribution in [2.45, 2.75) is 31.2 Å². The highest BCUT2D eigenvalue weighted by Gasteiger charge is 2.44. The van der Waals surface area contributed by atoms with Crippen LogP contribution in [0.4, 0.5) is 0 Å². The number of aryl methyl sites for hydroxylation is 1. The van der Waals surface area contributed by atoms with Crippen LogP contribution in [-0.4, -0.2) is 35.9 Å². The van der Waals surface area contributed by atoms with E-state index in [9.17, 15) is 0 Å². The lowest BCUT2D eigenvalue weighted by Crippen LogP contribution is -2.41. The molecule has 136 valence electrons. The van der Waals surface area contributed by atoms with Crippen molar-refractivity contribution in [3.8, 4) is 0 Å². The van der Waals surface area contributed by atoms with Crippen LogP contribution >= 0.6 is 39.9 Å². The van der Waals surface area contributed by atoms with E-state index < -0.39 is 0 Å². The van der Waals surface area contributed by atoms with E-state index in [0.717, 1.165) is 36.5 Å². The first kappa shape index (κ1) is 20.2. The van der Waals surface area contributed by atoms with Crippen molar-refractivity contribution < 1.29 is 0 Å². The molecule has 1 saturated carbocycles. The normalized spacial score (nSPS) is 15.4. The number of guanidine groups is 1. The summed E-state index contributed by atoms with van der Waals surface area (Å²) in [6.07, 6.45) is 7.27. The van der Waals surface area contributed by atoms with Gasteiger partial charge in [0, 0.05) is 49.0 Å². The van der Waals surface area contributed by atoms with E-state index in [0.29, 0.717) is 0 Å². The largest absolute Gasteiger partial charge is 0.356 e. The second-order valence-electron chi connectivity index (χ2n) is 6.27. The van der Waals surface area contributed by atoms with Crippen LogP contribution in [0.15, 0.2) is 52.2 Å². The molecular formula is C18H25BrIN5. The molecule has 1 fully saturated rings. The Balaban J connectivity index is 0.00000225. The number of nitrogens with one attached hydrogen (secondary N) is 2. The summed E-state index contributed by atoms with van der Waals surface area (Å²) in [5.41, 5.74) is 1.66. The monoisotopic (exact) mass is 517 g/mol. The highest BCUT2D eigenvalue weighted by atomic mass is 127. The Bertz CT molecular complexity index is 683. The van der Waals surface area contributed by atoms with Crippen LogP contribution in [-0.2, 0) is 12.0 Å². The second kappa shape index (κ2) is 9.56. The maximum absolute atomic E-state index is 4.33. The molecule has 2 aromatic rings. The van der Waals surface area contributed by atoms with E-state index in [1.807, 2.05) is 30.2 Å². The van der Waals surface area contributed by atoms with E-state index in [1.54, 1.807) is 0 Å². The number of aliphatic imine (C=N–C) groups is 1. The van der Waals surface area contributed by atoms with Gasteiger partial charge < -0.3 is 10.6 Å². The average molecular weight is 518 g/mol. The molecule has 1 aliphatic rings. The first-order chi connectivity index (χ1) is 11.7. The highest BCUT2D eigenvalue weighted by Crippen LogP contribution is 2.48. The zero-order valence-electron chi connectivity index (χ0n) is 14.4. The van der Waals surface area contributed by atoms with Crippen LogP contribution in [0.25, 0.3) is 0 Å².